The Balaban J connectivity index is 1.70. The third-order valence-corrected chi connectivity index (χ3v) is 9.16. The predicted molar refractivity (Wildman–Crippen MR) is 134 cm³/mol. The van der Waals surface area contributed by atoms with Crippen molar-refractivity contribution in [2.75, 3.05) is 6.61 Å². The summed E-state index contributed by atoms with van der Waals surface area (Å²) in [7, 11) is -4.08. The molecule has 0 saturated heterocycles. The van der Waals surface area contributed by atoms with Crippen LogP contribution in [0.3, 0.4) is 0 Å². The van der Waals surface area contributed by atoms with Gasteiger partial charge in [0, 0.05) is 29.3 Å². The summed E-state index contributed by atoms with van der Waals surface area (Å²) < 4.78 is 35.8. The molecule has 1 aliphatic heterocycles. The smallest absolute Gasteiger partial charge is 0.421 e. The van der Waals surface area contributed by atoms with Crippen LogP contribution >= 0.6 is 11.3 Å². The number of amides is 1. The minimum Gasteiger partial charge on any atom is -0.449 e. The quantitative estimate of drug-likeness (QED) is 0.441. The number of ether oxygens (including phenoxy) is 1. The molecule has 0 radical (unpaired) electrons. The molecular formula is C25H31N3O4S2. The maximum atomic E-state index is 13.2. The van der Waals surface area contributed by atoms with Crippen LogP contribution in [0.25, 0.3) is 11.1 Å². The lowest BCUT2D eigenvalue weighted by molar-refractivity contribution is 0.152. The number of aromatic nitrogens is 2. The lowest BCUT2D eigenvalue weighted by Gasteiger charge is -2.15. The van der Waals surface area contributed by atoms with Crippen molar-refractivity contribution in [2.24, 2.45) is 5.92 Å². The fourth-order valence-electron chi connectivity index (χ4n) is 4.43. The van der Waals surface area contributed by atoms with Gasteiger partial charge in [0.1, 0.15) is 10.0 Å². The van der Waals surface area contributed by atoms with Crippen molar-refractivity contribution in [2.45, 2.75) is 63.6 Å². The van der Waals surface area contributed by atoms with Crippen molar-refractivity contribution in [3.63, 3.8) is 0 Å². The number of thiophene rings is 1. The van der Waals surface area contributed by atoms with Gasteiger partial charge in [0.25, 0.3) is 10.0 Å². The van der Waals surface area contributed by atoms with Gasteiger partial charge in [-0.3, -0.25) is 0 Å². The van der Waals surface area contributed by atoms with Crippen LogP contribution < -0.4 is 4.72 Å². The number of aryl methyl sites for hydroxylation is 1. The molecule has 1 atom stereocenters. The van der Waals surface area contributed by atoms with E-state index in [0.717, 1.165) is 41.1 Å². The van der Waals surface area contributed by atoms with Crippen LogP contribution in [0.2, 0.25) is 0 Å². The lowest BCUT2D eigenvalue weighted by atomic mass is 9.97. The summed E-state index contributed by atoms with van der Waals surface area (Å²) in [5.74, 6) is 1.47. The van der Waals surface area contributed by atoms with Gasteiger partial charge in [-0.05, 0) is 48.8 Å². The first kappa shape index (κ1) is 24.5. The molecular weight excluding hydrogens is 470 g/mol. The normalized spacial score (nSPS) is 15.5. The zero-order valence-corrected chi connectivity index (χ0v) is 21.6. The van der Waals surface area contributed by atoms with Crippen molar-refractivity contribution in [1.29, 1.82) is 0 Å². The Bertz CT molecular complexity index is 1270. The molecule has 2 aromatic heterocycles. The average molecular weight is 502 g/mol. The van der Waals surface area contributed by atoms with Gasteiger partial charge >= 0.3 is 6.09 Å². The third kappa shape index (κ3) is 4.90. The molecule has 0 spiro atoms. The number of nitrogens with one attached hydrogen (secondary N) is 1. The Morgan fingerprint density at radius 1 is 1.29 bits per heavy atom. The van der Waals surface area contributed by atoms with E-state index in [0.29, 0.717) is 17.9 Å². The number of sulfonamides is 1. The second-order valence-corrected chi connectivity index (χ2v) is 12.1. The number of imidazole rings is 1. The fraction of sp³-hybridized carbons (Fsp3) is 0.440. The van der Waals surface area contributed by atoms with Gasteiger partial charge in [0.2, 0.25) is 0 Å². The fourth-order valence-corrected chi connectivity index (χ4v) is 7.47. The molecule has 3 heterocycles. The van der Waals surface area contributed by atoms with Crippen LogP contribution in [0, 0.1) is 12.8 Å². The zero-order chi connectivity index (χ0) is 24.5. The summed E-state index contributed by atoms with van der Waals surface area (Å²) in [5.41, 5.74) is 3.57. The molecule has 7 nitrogen and oxygen atoms in total. The minimum atomic E-state index is -4.08. The monoisotopic (exact) mass is 501 g/mol. The van der Waals surface area contributed by atoms with E-state index in [4.69, 9.17) is 4.74 Å². The summed E-state index contributed by atoms with van der Waals surface area (Å²) in [4.78, 5) is 17.5. The summed E-state index contributed by atoms with van der Waals surface area (Å²) >= 11 is 1.23. The van der Waals surface area contributed by atoms with Crippen molar-refractivity contribution in [3.8, 4) is 11.1 Å². The van der Waals surface area contributed by atoms with Crippen LogP contribution in [0.1, 0.15) is 61.5 Å². The average Bonchev–Trinajstić information content (AvgIpc) is 3.48. The van der Waals surface area contributed by atoms with Crippen LogP contribution in [0.4, 0.5) is 4.79 Å². The predicted octanol–water partition coefficient (Wildman–Crippen LogP) is 5.48. The Hall–Kier alpha value is -2.65. The standard InChI is InChI=1S/C25H31N3O4S2/c1-5-14-32-25(29)27-34(30,31)24-23(17(4)21(33-24)15-16(2)3)19-8-6-18(7-9-19)20-10-11-22-26-12-13-28(20)22/h6-9,12-13,16,20H,5,10-11,14-15H2,1-4H3,(H,27,29)/t20-/m0/s1. The Labute approximate surface area is 205 Å². The number of hydrogen-bond donors (Lipinski definition) is 1. The molecule has 1 aliphatic rings. The van der Waals surface area contributed by atoms with Crippen molar-refractivity contribution in [3.05, 3.63) is 58.5 Å². The van der Waals surface area contributed by atoms with Gasteiger partial charge in [-0.15, -0.1) is 11.3 Å². The van der Waals surface area contributed by atoms with Gasteiger partial charge in [-0.1, -0.05) is 45.0 Å². The number of carbonyl (C=O) groups is 1. The minimum absolute atomic E-state index is 0.152. The molecule has 9 heteroatoms. The van der Waals surface area contributed by atoms with E-state index in [2.05, 4.69) is 40.3 Å². The van der Waals surface area contributed by atoms with Gasteiger partial charge in [-0.25, -0.2) is 22.9 Å². The van der Waals surface area contributed by atoms with Gasteiger partial charge < -0.3 is 9.30 Å². The molecule has 182 valence electrons. The molecule has 1 amide bonds. The molecule has 0 bridgehead atoms. The Kier molecular flexibility index (Phi) is 7.14. The van der Waals surface area contributed by atoms with Crippen LogP contribution in [-0.4, -0.2) is 30.7 Å². The van der Waals surface area contributed by atoms with E-state index in [1.807, 2.05) is 38.4 Å². The molecule has 34 heavy (non-hydrogen) atoms. The molecule has 1 aromatic carbocycles. The largest absolute Gasteiger partial charge is 0.449 e. The molecule has 0 saturated carbocycles. The summed E-state index contributed by atoms with van der Waals surface area (Å²) in [6.45, 7) is 8.18. The lowest BCUT2D eigenvalue weighted by Crippen LogP contribution is -2.31. The van der Waals surface area contributed by atoms with E-state index < -0.39 is 16.1 Å². The topological polar surface area (TPSA) is 90.3 Å². The molecule has 3 aromatic rings. The van der Waals surface area contributed by atoms with Crippen LogP contribution in [0.5, 0.6) is 0 Å². The van der Waals surface area contributed by atoms with Gasteiger partial charge in [0.15, 0.2) is 0 Å². The SMILES string of the molecule is CCCOC(=O)NS(=O)(=O)c1sc(CC(C)C)c(C)c1-c1ccc([C@@H]2CCc3nccn32)cc1. The summed E-state index contributed by atoms with van der Waals surface area (Å²) in [6.07, 6.45) is 6.22. The number of hydrogen-bond acceptors (Lipinski definition) is 6. The summed E-state index contributed by atoms with van der Waals surface area (Å²) in [5, 5.41) is 0. The maximum absolute atomic E-state index is 13.2. The van der Waals surface area contributed by atoms with E-state index in [1.54, 1.807) is 0 Å². The second kappa shape index (κ2) is 9.92. The highest BCUT2D eigenvalue weighted by molar-refractivity contribution is 7.92. The first-order chi connectivity index (χ1) is 16.2. The van der Waals surface area contributed by atoms with E-state index in [1.165, 1.54) is 16.9 Å². The number of fused-ring (bicyclic) bond motifs is 1. The van der Waals surface area contributed by atoms with E-state index in [-0.39, 0.29) is 16.9 Å². The van der Waals surface area contributed by atoms with Crippen molar-refractivity contribution >= 4 is 27.5 Å². The van der Waals surface area contributed by atoms with Gasteiger partial charge in [0.05, 0.1) is 12.6 Å². The highest BCUT2D eigenvalue weighted by Gasteiger charge is 2.29. The molecule has 4 rings (SSSR count). The first-order valence-electron chi connectivity index (χ1n) is 11.6. The zero-order valence-electron chi connectivity index (χ0n) is 20.0. The number of nitrogens with zero attached hydrogens (tertiary/aromatic N) is 2. The number of rotatable bonds is 8. The Morgan fingerprint density at radius 2 is 2.03 bits per heavy atom. The highest BCUT2D eigenvalue weighted by Crippen LogP contribution is 2.41. The highest BCUT2D eigenvalue weighted by atomic mass is 32.2. The van der Waals surface area contributed by atoms with E-state index in [9.17, 15) is 13.2 Å². The number of benzene rings is 1. The summed E-state index contributed by atoms with van der Waals surface area (Å²) in [6, 6.07) is 8.33. The molecule has 0 aliphatic carbocycles. The number of carbonyl (C=O) groups excluding carboxylic acids is 1. The first-order valence-corrected chi connectivity index (χ1v) is 13.9. The third-order valence-electron chi connectivity index (χ3n) is 6.02. The Morgan fingerprint density at radius 3 is 2.71 bits per heavy atom. The van der Waals surface area contributed by atoms with Crippen molar-refractivity contribution in [1.82, 2.24) is 14.3 Å². The molecule has 1 N–H and O–H groups in total. The molecule has 0 fully saturated rings. The van der Waals surface area contributed by atoms with E-state index >= 15 is 0 Å². The van der Waals surface area contributed by atoms with Crippen molar-refractivity contribution < 1.29 is 17.9 Å². The van der Waals surface area contributed by atoms with Crippen LogP contribution in [0.15, 0.2) is 40.9 Å². The second-order valence-electron chi connectivity index (χ2n) is 9.08. The maximum Gasteiger partial charge on any atom is 0.421 e. The van der Waals surface area contributed by atoms with Gasteiger partial charge in [-0.2, -0.15) is 0 Å². The molecule has 0 unspecified atom stereocenters. The van der Waals surface area contributed by atoms with Crippen LogP contribution in [-0.2, 0) is 27.6 Å².